The van der Waals surface area contributed by atoms with Crippen LogP contribution in [-0.2, 0) is 17.6 Å². The lowest BCUT2D eigenvalue weighted by molar-refractivity contribution is -0.113. The molecular weight excluding hydrogens is 459 g/mol. The van der Waals surface area contributed by atoms with Gasteiger partial charge < -0.3 is 5.32 Å². The summed E-state index contributed by atoms with van der Waals surface area (Å²) in [6.45, 7) is 2.11. The van der Waals surface area contributed by atoms with E-state index in [9.17, 15) is 9.18 Å². The lowest BCUT2D eigenvalue weighted by atomic mass is 10.1. The van der Waals surface area contributed by atoms with E-state index < -0.39 is 5.82 Å². The van der Waals surface area contributed by atoms with Gasteiger partial charge in [-0.15, -0.1) is 10.2 Å². The number of nitrogens with zero attached hydrogens (tertiary/aromatic N) is 3. The second kappa shape index (κ2) is 10.6. The zero-order chi connectivity index (χ0) is 23.2. The fraction of sp³-hybridized carbons (Fsp3) is 0.160. The van der Waals surface area contributed by atoms with Crippen LogP contribution in [0.5, 0.6) is 0 Å². The number of hydrogen-bond acceptors (Lipinski definition) is 4. The van der Waals surface area contributed by atoms with Gasteiger partial charge in [0, 0.05) is 17.8 Å². The largest absolute Gasteiger partial charge is 0.325 e. The molecule has 1 heterocycles. The molecule has 5 nitrogen and oxygen atoms in total. The molecule has 1 amide bonds. The molecule has 0 aliphatic rings. The van der Waals surface area contributed by atoms with Crippen LogP contribution in [0.3, 0.4) is 0 Å². The lowest BCUT2D eigenvalue weighted by Gasteiger charge is -2.11. The SMILES string of the molecule is CCc1ccc(-n2c(Cc3ccccc3)nnc2SCC(=O)Nc2ccc(F)c(Cl)c2)cc1. The minimum Gasteiger partial charge on any atom is -0.325 e. The Morgan fingerprint density at radius 2 is 1.79 bits per heavy atom. The molecule has 0 fully saturated rings. The first-order valence-electron chi connectivity index (χ1n) is 10.5. The van der Waals surface area contributed by atoms with Crippen LogP contribution >= 0.6 is 23.4 Å². The fourth-order valence-corrected chi connectivity index (χ4v) is 4.28. The van der Waals surface area contributed by atoms with E-state index in [1.165, 1.54) is 35.5 Å². The van der Waals surface area contributed by atoms with Crippen molar-refractivity contribution in [3.63, 3.8) is 0 Å². The molecule has 1 N–H and O–H groups in total. The van der Waals surface area contributed by atoms with Crippen LogP contribution in [-0.4, -0.2) is 26.4 Å². The Kier molecular flexibility index (Phi) is 7.42. The number of hydrogen-bond donors (Lipinski definition) is 1. The highest BCUT2D eigenvalue weighted by Crippen LogP contribution is 2.25. The van der Waals surface area contributed by atoms with Crippen molar-refractivity contribution in [3.05, 3.63) is 101 Å². The van der Waals surface area contributed by atoms with Gasteiger partial charge >= 0.3 is 0 Å². The summed E-state index contributed by atoms with van der Waals surface area (Å²) in [7, 11) is 0. The van der Waals surface area contributed by atoms with Crippen molar-refractivity contribution in [1.29, 1.82) is 0 Å². The van der Waals surface area contributed by atoms with Crippen molar-refractivity contribution < 1.29 is 9.18 Å². The first kappa shape index (κ1) is 23.0. The number of rotatable bonds is 8. The van der Waals surface area contributed by atoms with Crippen LogP contribution in [0, 0.1) is 5.82 Å². The number of aryl methyl sites for hydroxylation is 1. The number of amides is 1. The number of carbonyl (C=O) groups excluding carboxylic acids is 1. The highest BCUT2D eigenvalue weighted by Gasteiger charge is 2.17. The summed E-state index contributed by atoms with van der Waals surface area (Å²) in [4.78, 5) is 12.5. The van der Waals surface area contributed by atoms with Gasteiger partial charge in [-0.1, -0.05) is 72.8 Å². The zero-order valence-electron chi connectivity index (χ0n) is 18.0. The van der Waals surface area contributed by atoms with Crippen molar-refractivity contribution in [2.24, 2.45) is 0 Å². The standard InChI is InChI=1S/C25H22ClFN4OS/c1-2-17-8-11-20(12-9-17)31-23(14-18-6-4-3-5-7-18)29-30-25(31)33-16-24(32)28-19-10-13-22(27)21(26)15-19/h3-13,15H,2,14,16H2,1H3,(H,28,32). The van der Waals surface area contributed by atoms with E-state index in [1.54, 1.807) is 0 Å². The number of nitrogens with one attached hydrogen (secondary N) is 1. The van der Waals surface area contributed by atoms with Gasteiger partial charge in [-0.3, -0.25) is 9.36 Å². The predicted octanol–water partition coefficient (Wildman–Crippen LogP) is 5.94. The van der Waals surface area contributed by atoms with E-state index in [1.807, 2.05) is 47.0 Å². The second-order valence-corrected chi connectivity index (χ2v) is 8.73. The fourth-order valence-electron chi connectivity index (χ4n) is 3.33. The number of aromatic nitrogens is 3. The summed E-state index contributed by atoms with van der Waals surface area (Å²) in [6, 6.07) is 22.4. The summed E-state index contributed by atoms with van der Waals surface area (Å²) < 4.78 is 15.3. The summed E-state index contributed by atoms with van der Waals surface area (Å²) in [5.41, 5.74) is 3.74. The van der Waals surface area contributed by atoms with Crippen LogP contribution < -0.4 is 5.32 Å². The molecule has 0 unspecified atom stereocenters. The summed E-state index contributed by atoms with van der Waals surface area (Å²) in [5.74, 6) is 0.130. The van der Waals surface area contributed by atoms with Crippen LogP contribution in [0.1, 0.15) is 23.9 Å². The quantitative estimate of drug-likeness (QED) is 0.317. The summed E-state index contributed by atoms with van der Waals surface area (Å²) >= 11 is 7.08. The molecule has 0 radical (unpaired) electrons. The molecule has 1 aromatic heterocycles. The number of thioether (sulfide) groups is 1. The molecule has 4 rings (SSSR count). The lowest BCUT2D eigenvalue weighted by Crippen LogP contribution is -2.14. The summed E-state index contributed by atoms with van der Waals surface area (Å²) in [5, 5.41) is 12.1. The molecule has 0 bridgehead atoms. The molecule has 33 heavy (non-hydrogen) atoms. The Bertz CT molecular complexity index is 1250. The topological polar surface area (TPSA) is 59.8 Å². The van der Waals surface area contributed by atoms with Crippen LogP contribution in [0.2, 0.25) is 5.02 Å². The van der Waals surface area contributed by atoms with Gasteiger partial charge in [-0.25, -0.2) is 4.39 Å². The molecule has 0 saturated carbocycles. The Morgan fingerprint density at radius 3 is 2.48 bits per heavy atom. The molecule has 3 aromatic carbocycles. The molecule has 0 saturated heterocycles. The van der Waals surface area contributed by atoms with Gasteiger partial charge in [0.1, 0.15) is 11.6 Å². The first-order chi connectivity index (χ1) is 16.0. The van der Waals surface area contributed by atoms with Crippen molar-refractivity contribution in [1.82, 2.24) is 14.8 Å². The highest BCUT2D eigenvalue weighted by atomic mass is 35.5. The second-order valence-electron chi connectivity index (χ2n) is 7.38. The van der Waals surface area contributed by atoms with Gasteiger partial charge in [0.15, 0.2) is 5.16 Å². The maximum Gasteiger partial charge on any atom is 0.234 e. The molecule has 8 heteroatoms. The molecule has 0 atom stereocenters. The summed E-state index contributed by atoms with van der Waals surface area (Å²) in [6.07, 6.45) is 1.57. The maximum absolute atomic E-state index is 13.4. The third-order valence-electron chi connectivity index (χ3n) is 5.04. The minimum absolute atomic E-state index is 0.0405. The number of anilines is 1. The zero-order valence-corrected chi connectivity index (χ0v) is 19.5. The van der Waals surface area contributed by atoms with Crippen LogP contribution in [0.15, 0.2) is 78.0 Å². The molecule has 0 spiro atoms. The van der Waals surface area contributed by atoms with Gasteiger partial charge in [0.25, 0.3) is 0 Å². The van der Waals surface area contributed by atoms with Crippen LogP contribution in [0.4, 0.5) is 10.1 Å². The molecule has 168 valence electrons. The number of benzene rings is 3. The first-order valence-corrected chi connectivity index (χ1v) is 11.8. The van der Waals surface area contributed by atoms with Crippen molar-refractivity contribution in [2.45, 2.75) is 24.9 Å². The van der Waals surface area contributed by atoms with E-state index in [0.29, 0.717) is 17.3 Å². The number of halogens is 2. The Balaban J connectivity index is 1.55. The molecule has 0 aliphatic heterocycles. The number of carbonyl (C=O) groups is 1. The maximum atomic E-state index is 13.4. The third kappa shape index (κ3) is 5.80. The van der Waals surface area contributed by atoms with Crippen LogP contribution in [0.25, 0.3) is 5.69 Å². The average molecular weight is 481 g/mol. The Morgan fingerprint density at radius 1 is 1.03 bits per heavy atom. The van der Waals surface area contributed by atoms with Gasteiger partial charge in [0.05, 0.1) is 10.8 Å². The molecular formula is C25H22ClFN4OS. The minimum atomic E-state index is -0.530. The van der Waals surface area contributed by atoms with E-state index in [2.05, 4.69) is 34.6 Å². The van der Waals surface area contributed by atoms with E-state index in [-0.39, 0.29) is 16.7 Å². The van der Waals surface area contributed by atoms with Crippen molar-refractivity contribution in [3.8, 4) is 5.69 Å². The van der Waals surface area contributed by atoms with Crippen molar-refractivity contribution >= 4 is 35.0 Å². The van der Waals surface area contributed by atoms with Crippen molar-refractivity contribution in [2.75, 3.05) is 11.1 Å². The van der Waals surface area contributed by atoms with Gasteiger partial charge in [0.2, 0.25) is 5.91 Å². The molecule has 0 aliphatic carbocycles. The smallest absolute Gasteiger partial charge is 0.234 e. The Labute approximate surface area is 201 Å². The molecule has 4 aromatic rings. The van der Waals surface area contributed by atoms with E-state index in [4.69, 9.17) is 11.6 Å². The third-order valence-corrected chi connectivity index (χ3v) is 6.26. The van der Waals surface area contributed by atoms with Gasteiger partial charge in [-0.05, 0) is 47.9 Å². The Hall–Kier alpha value is -3.16. The van der Waals surface area contributed by atoms with Gasteiger partial charge in [-0.2, -0.15) is 0 Å². The average Bonchev–Trinajstić information content (AvgIpc) is 3.23. The monoisotopic (exact) mass is 480 g/mol. The van der Waals surface area contributed by atoms with E-state index >= 15 is 0 Å². The van der Waals surface area contributed by atoms with E-state index in [0.717, 1.165) is 23.5 Å². The highest BCUT2D eigenvalue weighted by molar-refractivity contribution is 7.99. The normalized spacial score (nSPS) is 10.9. The predicted molar refractivity (Wildman–Crippen MR) is 131 cm³/mol.